The minimum Gasteiger partial charge on any atom is -0.399 e. The average molecular weight is 324 g/mol. The third kappa shape index (κ3) is 5.57. The first-order valence-corrected chi connectivity index (χ1v) is 7.58. The molecule has 0 aliphatic heterocycles. The highest BCUT2D eigenvalue weighted by atomic mass is 16.2. The Morgan fingerprint density at radius 3 is 2.25 bits per heavy atom. The number of carbonyl (C=O) groups is 2. The van der Waals surface area contributed by atoms with Gasteiger partial charge in [-0.2, -0.15) is 5.10 Å². The van der Waals surface area contributed by atoms with Crippen molar-refractivity contribution in [1.82, 2.24) is 5.43 Å². The molecule has 0 radical (unpaired) electrons. The van der Waals surface area contributed by atoms with E-state index in [1.807, 2.05) is 30.3 Å². The van der Waals surface area contributed by atoms with Crippen molar-refractivity contribution in [1.29, 1.82) is 0 Å². The summed E-state index contributed by atoms with van der Waals surface area (Å²) in [5.41, 5.74) is 11.0. The Morgan fingerprint density at radius 1 is 0.958 bits per heavy atom. The maximum absolute atomic E-state index is 11.8. The molecule has 0 aromatic heterocycles. The van der Waals surface area contributed by atoms with Gasteiger partial charge in [0.2, 0.25) is 11.8 Å². The van der Waals surface area contributed by atoms with Gasteiger partial charge in [0.05, 0.1) is 5.71 Å². The Bertz CT molecular complexity index is 724. The molecule has 2 rings (SSSR count). The van der Waals surface area contributed by atoms with Crippen molar-refractivity contribution in [2.75, 3.05) is 11.1 Å². The zero-order valence-electron chi connectivity index (χ0n) is 13.5. The summed E-state index contributed by atoms with van der Waals surface area (Å²) in [6, 6.07) is 16.3. The summed E-state index contributed by atoms with van der Waals surface area (Å²) in [7, 11) is 0. The fourth-order valence-electron chi connectivity index (χ4n) is 1.96. The molecule has 2 aromatic carbocycles. The van der Waals surface area contributed by atoms with Crippen LogP contribution in [0.25, 0.3) is 0 Å². The van der Waals surface area contributed by atoms with E-state index in [2.05, 4.69) is 15.8 Å². The minimum atomic E-state index is -0.312. The van der Waals surface area contributed by atoms with Gasteiger partial charge in [0.15, 0.2) is 0 Å². The Labute approximate surface area is 140 Å². The molecule has 0 saturated carbocycles. The largest absolute Gasteiger partial charge is 0.399 e. The first kappa shape index (κ1) is 17.2. The number of nitrogens with one attached hydrogen (secondary N) is 2. The highest BCUT2D eigenvalue weighted by Crippen LogP contribution is 2.07. The summed E-state index contributed by atoms with van der Waals surface area (Å²) in [6.07, 6.45) is 0.161. The van der Waals surface area contributed by atoms with Gasteiger partial charge in [-0.1, -0.05) is 30.3 Å². The van der Waals surface area contributed by atoms with E-state index in [1.165, 1.54) is 0 Å². The summed E-state index contributed by atoms with van der Waals surface area (Å²) in [5, 5.41) is 6.76. The molecule has 0 fully saturated rings. The second kappa shape index (κ2) is 8.47. The van der Waals surface area contributed by atoms with E-state index in [0.717, 1.165) is 5.56 Å². The lowest BCUT2D eigenvalue weighted by Crippen LogP contribution is -2.21. The maximum Gasteiger partial charge on any atom is 0.240 e. The highest BCUT2D eigenvalue weighted by molar-refractivity contribution is 5.99. The van der Waals surface area contributed by atoms with Gasteiger partial charge in [-0.15, -0.1) is 0 Å². The number of hydrogen-bond acceptors (Lipinski definition) is 4. The van der Waals surface area contributed by atoms with E-state index in [9.17, 15) is 9.59 Å². The van der Waals surface area contributed by atoms with Crippen LogP contribution in [0.15, 0.2) is 59.7 Å². The van der Waals surface area contributed by atoms with E-state index >= 15 is 0 Å². The van der Waals surface area contributed by atoms with Crippen molar-refractivity contribution in [3.63, 3.8) is 0 Å². The maximum atomic E-state index is 11.8. The summed E-state index contributed by atoms with van der Waals surface area (Å²) < 4.78 is 0. The van der Waals surface area contributed by atoms with Crippen molar-refractivity contribution >= 4 is 28.9 Å². The van der Waals surface area contributed by atoms with Crippen LogP contribution in [0.4, 0.5) is 11.4 Å². The molecule has 0 atom stereocenters. The third-order valence-corrected chi connectivity index (χ3v) is 3.31. The lowest BCUT2D eigenvalue weighted by molar-refractivity contribution is -0.124. The quantitative estimate of drug-likeness (QED) is 0.433. The van der Waals surface area contributed by atoms with E-state index in [0.29, 0.717) is 17.1 Å². The van der Waals surface area contributed by atoms with Gasteiger partial charge < -0.3 is 11.1 Å². The van der Waals surface area contributed by atoms with Gasteiger partial charge in [0, 0.05) is 24.2 Å². The normalized spacial score (nSPS) is 11.0. The van der Waals surface area contributed by atoms with Crippen LogP contribution in [-0.4, -0.2) is 17.5 Å². The smallest absolute Gasteiger partial charge is 0.240 e. The molecule has 0 bridgehead atoms. The van der Waals surface area contributed by atoms with Gasteiger partial charge in [-0.3, -0.25) is 9.59 Å². The molecule has 4 N–H and O–H groups in total. The molecule has 0 heterocycles. The predicted octanol–water partition coefficient (Wildman–Crippen LogP) is 2.53. The molecule has 0 aliphatic rings. The first-order valence-electron chi connectivity index (χ1n) is 7.58. The number of benzene rings is 2. The molecule has 124 valence electrons. The fourth-order valence-corrected chi connectivity index (χ4v) is 1.96. The summed E-state index contributed by atoms with van der Waals surface area (Å²) >= 11 is 0. The minimum absolute atomic E-state index is 0.0667. The average Bonchev–Trinajstić information content (AvgIpc) is 2.59. The van der Waals surface area contributed by atoms with Crippen LogP contribution in [0.3, 0.4) is 0 Å². The summed E-state index contributed by atoms with van der Waals surface area (Å²) in [4.78, 5) is 23.5. The third-order valence-electron chi connectivity index (χ3n) is 3.31. The molecular weight excluding hydrogens is 304 g/mol. The van der Waals surface area contributed by atoms with Crippen molar-refractivity contribution in [2.24, 2.45) is 5.10 Å². The van der Waals surface area contributed by atoms with E-state index in [1.54, 1.807) is 31.2 Å². The van der Waals surface area contributed by atoms with Crippen LogP contribution < -0.4 is 16.5 Å². The van der Waals surface area contributed by atoms with Gasteiger partial charge in [-0.25, -0.2) is 5.43 Å². The summed E-state index contributed by atoms with van der Waals surface area (Å²) in [5.74, 6) is -0.524. The Balaban J connectivity index is 1.77. The standard InChI is InChI=1S/C18H20N4O2/c1-13(14-7-9-15(19)10-8-14)21-22-18(24)12-11-17(23)20-16-5-3-2-4-6-16/h2-10H,11-12,19H2,1H3,(H,20,23)(H,22,24). The number of anilines is 2. The number of nitrogen functional groups attached to an aromatic ring is 1. The number of rotatable bonds is 6. The predicted molar refractivity (Wildman–Crippen MR) is 95.5 cm³/mol. The van der Waals surface area contributed by atoms with E-state index in [4.69, 9.17) is 5.73 Å². The number of carbonyl (C=O) groups excluding carboxylic acids is 2. The van der Waals surface area contributed by atoms with Crippen LogP contribution >= 0.6 is 0 Å². The molecule has 0 unspecified atom stereocenters. The molecular formula is C18H20N4O2. The SMILES string of the molecule is CC(=NNC(=O)CCC(=O)Nc1ccccc1)c1ccc(N)cc1. The van der Waals surface area contributed by atoms with Crippen LogP contribution in [0, 0.1) is 0 Å². The molecule has 24 heavy (non-hydrogen) atoms. The van der Waals surface area contributed by atoms with E-state index in [-0.39, 0.29) is 24.7 Å². The molecule has 0 saturated heterocycles. The van der Waals surface area contributed by atoms with Crippen LogP contribution in [0.2, 0.25) is 0 Å². The number of nitrogens with zero attached hydrogens (tertiary/aromatic N) is 1. The zero-order chi connectivity index (χ0) is 17.4. The molecule has 6 nitrogen and oxygen atoms in total. The molecule has 2 amide bonds. The van der Waals surface area contributed by atoms with Gasteiger partial charge in [-0.05, 0) is 36.8 Å². The Hall–Kier alpha value is -3.15. The number of nitrogens with two attached hydrogens (primary N) is 1. The van der Waals surface area contributed by atoms with Gasteiger partial charge in [0.1, 0.15) is 0 Å². The second-order valence-electron chi connectivity index (χ2n) is 5.27. The monoisotopic (exact) mass is 324 g/mol. The molecule has 0 aliphatic carbocycles. The zero-order valence-corrected chi connectivity index (χ0v) is 13.5. The van der Waals surface area contributed by atoms with Crippen molar-refractivity contribution < 1.29 is 9.59 Å². The fraction of sp³-hybridized carbons (Fsp3) is 0.167. The van der Waals surface area contributed by atoms with Crippen LogP contribution in [0.5, 0.6) is 0 Å². The lowest BCUT2D eigenvalue weighted by atomic mass is 10.1. The summed E-state index contributed by atoms with van der Waals surface area (Å²) in [6.45, 7) is 1.79. The van der Waals surface area contributed by atoms with Crippen LogP contribution in [0.1, 0.15) is 25.3 Å². The van der Waals surface area contributed by atoms with Gasteiger partial charge in [0.25, 0.3) is 0 Å². The van der Waals surface area contributed by atoms with E-state index < -0.39 is 0 Å². The number of hydrazone groups is 1. The number of para-hydroxylation sites is 1. The lowest BCUT2D eigenvalue weighted by Gasteiger charge is -2.05. The topological polar surface area (TPSA) is 96.6 Å². The molecule has 6 heteroatoms. The number of amides is 2. The number of hydrogen-bond donors (Lipinski definition) is 3. The highest BCUT2D eigenvalue weighted by Gasteiger charge is 2.07. The van der Waals surface area contributed by atoms with Gasteiger partial charge >= 0.3 is 0 Å². The first-order chi connectivity index (χ1) is 11.5. The van der Waals surface area contributed by atoms with Crippen molar-refractivity contribution in [2.45, 2.75) is 19.8 Å². The van der Waals surface area contributed by atoms with Crippen LogP contribution in [-0.2, 0) is 9.59 Å². The van der Waals surface area contributed by atoms with Crippen molar-refractivity contribution in [3.8, 4) is 0 Å². The molecule has 0 spiro atoms. The second-order valence-corrected chi connectivity index (χ2v) is 5.27. The van der Waals surface area contributed by atoms with Crippen molar-refractivity contribution in [3.05, 3.63) is 60.2 Å². The molecule has 2 aromatic rings. The Morgan fingerprint density at radius 2 is 1.58 bits per heavy atom. The Kier molecular flexibility index (Phi) is 6.08.